The van der Waals surface area contributed by atoms with Crippen LogP contribution in [0.4, 0.5) is 0 Å². The molecule has 1 unspecified atom stereocenters. The lowest BCUT2D eigenvalue weighted by molar-refractivity contribution is 0.0701. The highest BCUT2D eigenvalue weighted by Gasteiger charge is 2.31. The number of hydrogen-bond acceptors (Lipinski definition) is 5. The fourth-order valence-electron chi connectivity index (χ4n) is 4.56. The lowest BCUT2D eigenvalue weighted by Crippen LogP contribution is -2.42. The van der Waals surface area contributed by atoms with Crippen LogP contribution in [0.5, 0.6) is 0 Å². The van der Waals surface area contributed by atoms with Crippen LogP contribution in [-0.4, -0.2) is 47.8 Å². The van der Waals surface area contributed by atoms with Crippen LogP contribution in [0.15, 0.2) is 27.9 Å². The molecule has 170 valence electrons. The molecule has 0 bridgehead atoms. The Morgan fingerprint density at radius 2 is 2.00 bits per heavy atom. The molecule has 9 heteroatoms. The highest BCUT2D eigenvalue weighted by Crippen LogP contribution is 2.27. The van der Waals surface area contributed by atoms with E-state index >= 15 is 0 Å². The van der Waals surface area contributed by atoms with E-state index in [2.05, 4.69) is 10.1 Å². The molecular formula is C23H30N6O3. The second-order valence-electron chi connectivity index (χ2n) is 8.80. The maximum absolute atomic E-state index is 13.5. The quantitative estimate of drug-likeness (QED) is 0.622. The third kappa shape index (κ3) is 3.65. The molecule has 3 aromatic rings. The fourth-order valence-corrected chi connectivity index (χ4v) is 4.56. The molecule has 4 heterocycles. The third-order valence-electron chi connectivity index (χ3n) is 6.20. The predicted octanol–water partition coefficient (Wildman–Crippen LogP) is 2.22. The molecule has 0 N–H and O–H groups in total. The van der Waals surface area contributed by atoms with E-state index in [1.165, 1.54) is 4.68 Å². The number of carbonyl (C=O) groups is 1. The third-order valence-corrected chi connectivity index (χ3v) is 6.20. The van der Waals surface area contributed by atoms with Gasteiger partial charge in [0.2, 0.25) is 5.43 Å². The Morgan fingerprint density at radius 1 is 1.25 bits per heavy atom. The Labute approximate surface area is 186 Å². The molecule has 3 aromatic heterocycles. The van der Waals surface area contributed by atoms with Crippen molar-refractivity contribution in [1.82, 2.24) is 28.8 Å². The molecule has 1 amide bonds. The van der Waals surface area contributed by atoms with Gasteiger partial charge < -0.3 is 9.47 Å². The first kappa shape index (κ1) is 22.0. The topological polar surface area (TPSA) is 95.0 Å². The molecule has 0 aromatic carbocycles. The van der Waals surface area contributed by atoms with Crippen molar-refractivity contribution in [2.75, 3.05) is 13.1 Å². The molecule has 0 spiro atoms. The summed E-state index contributed by atoms with van der Waals surface area (Å²) in [6.07, 6.45) is 3.26. The van der Waals surface area contributed by atoms with Crippen molar-refractivity contribution in [3.05, 3.63) is 56.1 Å². The van der Waals surface area contributed by atoms with E-state index in [0.717, 1.165) is 18.5 Å². The normalized spacial score (nSPS) is 16.8. The van der Waals surface area contributed by atoms with Crippen molar-refractivity contribution >= 4 is 16.9 Å². The zero-order chi connectivity index (χ0) is 23.2. The lowest BCUT2D eigenvalue weighted by Gasteiger charge is -2.32. The summed E-state index contributed by atoms with van der Waals surface area (Å²) >= 11 is 0. The van der Waals surface area contributed by atoms with E-state index in [1.54, 1.807) is 34.8 Å². The van der Waals surface area contributed by atoms with Crippen LogP contribution in [0.25, 0.3) is 11.0 Å². The van der Waals surface area contributed by atoms with Gasteiger partial charge in [0, 0.05) is 50.5 Å². The Balaban J connectivity index is 1.71. The van der Waals surface area contributed by atoms with Crippen LogP contribution < -0.4 is 11.1 Å². The van der Waals surface area contributed by atoms with Gasteiger partial charge in [0.25, 0.3) is 5.91 Å². The number of piperidine rings is 1. The highest BCUT2D eigenvalue weighted by atomic mass is 16.2. The standard InChI is InChI=1S/C23H30N6O3/c1-6-27-13-18(19(30)17-10-9-15(4)24-21(17)27)22(31)28-11-7-8-16(12-28)20-25-26(5)23(32)29(20)14(2)3/h9-10,13-14,16H,6-8,11-12H2,1-5H3. The largest absolute Gasteiger partial charge is 0.345 e. The van der Waals surface area contributed by atoms with Crippen LogP contribution in [0.2, 0.25) is 0 Å². The first-order valence-corrected chi connectivity index (χ1v) is 11.2. The number of pyridine rings is 2. The molecule has 1 saturated heterocycles. The number of nitrogens with zero attached hydrogens (tertiary/aromatic N) is 6. The average molecular weight is 439 g/mol. The van der Waals surface area contributed by atoms with E-state index in [0.29, 0.717) is 36.5 Å². The Hall–Kier alpha value is -3.23. The summed E-state index contributed by atoms with van der Waals surface area (Å²) in [7, 11) is 1.65. The van der Waals surface area contributed by atoms with Gasteiger partial charge in [-0.05, 0) is 52.7 Å². The summed E-state index contributed by atoms with van der Waals surface area (Å²) < 4.78 is 4.91. The van der Waals surface area contributed by atoms with Gasteiger partial charge in [0.15, 0.2) is 0 Å². The number of carbonyl (C=O) groups excluding carboxylic acids is 1. The number of aryl methyl sites for hydroxylation is 3. The van der Waals surface area contributed by atoms with Gasteiger partial charge in [-0.25, -0.2) is 14.5 Å². The molecule has 0 saturated carbocycles. The number of hydrogen-bond donors (Lipinski definition) is 0. The van der Waals surface area contributed by atoms with Crippen molar-refractivity contribution < 1.29 is 4.79 Å². The van der Waals surface area contributed by atoms with E-state index in [1.807, 2.05) is 32.3 Å². The fraction of sp³-hybridized carbons (Fsp3) is 0.522. The first-order valence-electron chi connectivity index (χ1n) is 11.2. The SMILES string of the molecule is CCn1cc(C(=O)N2CCCC(c3nn(C)c(=O)n3C(C)C)C2)c(=O)c2ccc(C)nc21. The van der Waals surface area contributed by atoms with Crippen LogP contribution in [0.3, 0.4) is 0 Å². The van der Waals surface area contributed by atoms with Gasteiger partial charge >= 0.3 is 5.69 Å². The Morgan fingerprint density at radius 3 is 2.69 bits per heavy atom. The highest BCUT2D eigenvalue weighted by molar-refractivity contribution is 5.97. The second kappa shape index (κ2) is 8.37. The summed E-state index contributed by atoms with van der Waals surface area (Å²) in [5, 5.41) is 4.92. The van der Waals surface area contributed by atoms with E-state index < -0.39 is 0 Å². The van der Waals surface area contributed by atoms with Crippen LogP contribution >= 0.6 is 0 Å². The summed E-state index contributed by atoms with van der Waals surface area (Å²) in [5.74, 6) is 0.370. The van der Waals surface area contributed by atoms with Crippen molar-refractivity contribution in [2.45, 2.75) is 59.0 Å². The van der Waals surface area contributed by atoms with E-state index in [4.69, 9.17) is 0 Å². The van der Waals surface area contributed by atoms with Gasteiger partial charge in [0.05, 0.1) is 5.39 Å². The Kier molecular flexibility index (Phi) is 5.75. The number of likely N-dealkylation sites (tertiary alicyclic amines) is 1. The smallest absolute Gasteiger partial charge is 0.338 e. The van der Waals surface area contributed by atoms with Crippen LogP contribution in [-0.2, 0) is 13.6 Å². The molecule has 1 atom stereocenters. The van der Waals surface area contributed by atoms with Gasteiger partial charge in [0.1, 0.15) is 17.0 Å². The zero-order valence-electron chi connectivity index (χ0n) is 19.3. The van der Waals surface area contributed by atoms with E-state index in [-0.39, 0.29) is 34.5 Å². The zero-order valence-corrected chi connectivity index (χ0v) is 19.3. The first-order chi connectivity index (χ1) is 15.2. The molecular weight excluding hydrogens is 408 g/mol. The van der Waals surface area contributed by atoms with E-state index in [9.17, 15) is 14.4 Å². The summed E-state index contributed by atoms with van der Waals surface area (Å²) in [6, 6.07) is 3.52. The lowest BCUT2D eigenvalue weighted by atomic mass is 9.96. The molecule has 9 nitrogen and oxygen atoms in total. The molecule has 4 rings (SSSR count). The summed E-state index contributed by atoms with van der Waals surface area (Å²) in [4.78, 5) is 45.4. The maximum Gasteiger partial charge on any atom is 0.345 e. The van der Waals surface area contributed by atoms with Crippen molar-refractivity contribution in [2.24, 2.45) is 7.05 Å². The van der Waals surface area contributed by atoms with Crippen LogP contribution in [0, 0.1) is 6.92 Å². The van der Waals surface area contributed by atoms with Gasteiger partial charge in [-0.3, -0.25) is 14.2 Å². The number of amides is 1. The number of fused-ring (bicyclic) bond motifs is 1. The molecule has 1 fully saturated rings. The predicted molar refractivity (Wildman–Crippen MR) is 122 cm³/mol. The maximum atomic E-state index is 13.5. The molecule has 1 aliphatic rings. The van der Waals surface area contributed by atoms with Crippen molar-refractivity contribution in [3.63, 3.8) is 0 Å². The minimum atomic E-state index is -0.291. The second-order valence-corrected chi connectivity index (χ2v) is 8.80. The van der Waals surface area contributed by atoms with Crippen LogP contribution in [0.1, 0.15) is 67.4 Å². The molecule has 32 heavy (non-hydrogen) atoms. The number of rotatable bonds is 4. The van der Waals surface area contributed by atoms with Crippen molar-refractivity contribution in [3.8, 4) is 0 Å². The molecule has 0 radical (unpaired) electrons. The van der Waals surface area contributed by atoms with Gasteiger partial charge in [-0.1, -0.05) is 0 Å². The average Bonchev–Trinajstić information content (AvgIpc) is 3.08. The minimum Gasteiger partial charge on any atom is -0.338 e. The molecule has 1 aliphatic heterocycles. The summed E-state index contributed by atoms with van der Waals surface area (Å²) in [6.45, 7) is 9.36. The van der Waals surface area contributed by atoms with Crippen molar-refractivity contribution in [1.29, 1.82) is 0 Å². The number of aromatic nitrogens is 5. The Bertz CT molecular complexity index is 1300. The summed E-state index contributed by atoms with van der Waals surface area (Å²) in [5.41, 5.74) is 1.14. The molecule has 0 aliphatic carbocycles. The van der Waals surface area contributed by atoms with Gasteiger partial charge in [-0.2, -0.15) is 5.10 Å². The minimum absolute atomic E-state index is 0.0227. The monoisotopic (exact) mass is 438 g/mol. The van der Waals surface area contributed by atoms with Gasteiger partial charge in [-0.15, -0.1) is 0 Å².